The lowest BCUT2D eigenvalue weighted by Crippen LogP contribution is -2.11. The molecule has 0 spiro atoms. The lowest BCUT2D eigenvalue weighted by molar-refractivity contribution is 0.102. The van der Waals surface area contributed by atoms with Gasteiger partial charge in [-0.1, -0.05) is 25.5 Å². The Hall–Kier alpha value is -3.26. The molecule has 0 aliphatic carbocycles. The predicted molar refractivity (Wildman–Crippen MR) is 115 cm³/mol. The number of nitrogens with one attached hydrogen (secondary N) is 1. The molecule has 0 aliphatic heterocycles. The molecule has 7 nitrogen and oxygen atoms in total. The highest BCUT2D eigenvalue weighted by Crippen LogP contribution is 2.21. The number of sulfone groups is 1. The molecule has 2 aromatic carbocycles. The highest BCUT2D eigenvalue weighted by atomic mass is 32.2. The van der Waals surface area contributed by atoms with Gasteiger partial charge in [-0.3, -0.25) is 4.79 Å². The molecular formula is C22H23N3O4S. The van der Waals surface area contributed by atoms with Crippen molar-refractivity contribution in [1.29, 1.82) is 0 Å². The second-order valence-electron chi connectivity index (χ2n) is 6.79. The normalized spacial score (nSPS) is 11.1. The van der Waals surface area contributed by atoms with E-state index < -0.39 is 9.84 Å². The van der Waals surface area contributed by atoms with Crippen LogP contribution in [0.4, 0.5) is 5.69 Å². The van der Waals surface area contributed by atoms with Crippen molar-refractivity contribution >= 4 is 21.4 Å². The van der Waals surface area contributed by atoms with Gasteiger partial charge in [-0.05, 0) is 55.0 Å². The Morgan fingerprint density at radius 3 is 2.23 bits per heavy atom. The minimum atomic E-state index is -3.39. The van der Waals surface area contributed by atoms with Gasteiger partial charge in [-0.25, -0.2) is 8.42 Å². The Labute approximate surface area is 176 Å². The molecule has 0 radical (unpaired) electrons. The predicted octanol–water partition coefficient (Wildman–Crippen LogP) is 3.98. The quantitative estimate of drug-likeness (QED) is 0.548. The van der Waals surface area contributed by atoms with Crippen LogP contribution in [0.1, 0.15) is 30.1 Å². The maximum Gasteiger partial charge on any atom is 0.255 e. The number of hydrogen-bond acceptors (Lipinski definition) is 6. The van der Waals surface area contributed by atoms with Crippen LogP contribution < -0.4 is 10.1 Å². The highest BCUT2D eigenvalue weighted by Gasteiger charge is 2.11. The number of nitrogens with zero attached hydrogens (tertiary/aromatic N) is 2. The number of ether oxygens (including phenoxy) is 1. The van der Waals surface area contributed by atoms with Crippen LogP contribution >= 0.6 is 0 Å². The zero-order chi connectivity index (χ0) is 21.6. The molecule has 1 heterocycles. The fourth-order valence-electron chi connectivity index (χ4n) is 2.64. The van der Waals surface area contributed by atoms with E-state index in [-0.39, 0.29) is 10.9 Å². The zero-order valence-corrected chi connectivity index (χ0v) is 17.6. The van der Waals surface area contributed by atoms with Gasteiger partial charge in [-0.15, -0.1) is 10.2 Å². The summed E-state index contributed by atoms with van der Waals surface area (Å²) in [5, 5.41) is 10.5. The van der Waals surface area contributed by atoms with Crippen molar-refractivity contribution in [3.8, 4) is 17.0 Å². The van der Waals surface area contributed by atoms with E-state index in [1.54, 1.807) is 54.6 Å². The summed E-state index contributed by atoms with van der Waals surface area (Å²) in [6, 6.07) is 17.1. The van der Waals surface area contributed by atoms with E-state index in [0.717, 1.165) is 30.4 Å². The van der Waals surface area contributed by atoms with Gasteiger partial charge in [0.25, 0.3) is 5.91 Å². The SMILES string of the molecule is CCCCOc1ccc(C(=O)Nc2ccc(-c3ccc(S(C)(=O)=O)nn3)cc2)cc1. The van der Waals surface area contributed by atoms with Crippen LogP contribution in [0.5, 0.6) is 5.75 Å². The maximum absolute atomic E-state index is 12.4. The molecule has 3 rings (SSSR count). The number of carbonyl (C=O) groups is 1. The molecule has 0 unspecified atom stereocenters. The second kappa shape index (κ2) is 9.49. The monoisotopic (exact) mass is 425 g/mol. The van der Waals surface area contributed by atoms with Crippen molar-refractivity contribution in [2.24, 2.45) is 0 Å². The third-order valence-corrected chi connectivity index (χ3v) is 5.32. The Balaban J connectivity index is 1.63. The molecule has 156 valence electrons. The zero-order valence-electron chi connectivity index (χ0n) is 16.8. The molecule has 30 heavy (non-hydrogen) atoms. The number of amides is 1. The average Bonchev–Trinajstić information content (AvgIpc) is 2.74. The first-order valence-electron chi connectivity index (χ1n) is 9.55. The number of anilines is 1. The van der Waals surface area contributed by atoms with Crippen LogP contribution in [-0.2, 0) is 9.84 Å². The van der Waals surface area contributed by atoms with E-state index in [9.17, 15) is 13.2 Å². The van der Waals surface area contributed by atoms with Gasteiger partial charge in [0.15, 0.2) is 14.9 Å². The largest absolute Gasteiger partial charge is 0.494 e. The summed E-state index contributed by atoms with van der Waals surface area (Å²) in [7, 11) is -3.39. The van der Waals surface area contributed by atoms with Crippen LogP contribution in [0, 0.1) is 0 Å². The standard InChI is InChI=1S/C22H23N3O4S/c1-3-4-15-29-19-11-7-17(8-12-19)22(26)23-18-9-5-16(6-10-18)20-13-14-21(25-24-20)30(2,27)28/h5-14H,3-4,15H2,1-2H3,(H,23,26). The smallest absolute Gasteiger partial charge is 0.255 e. The Kier molecular flexibility index (Phi) is 6.79. The number of benzene rings is 2. The first kappa shape index (κ1) is 21.4. The molecular weight excluding hydrogens is 402 g/mol. The summed E-state index contributed by atoms with van der Waals surface area (Å²) >= 11 is 0. The van der Waals surface area contributed by atoms with Crippen LogP contribution in [0.2, 0.25) is 0 Å². The lowest BCUT2D eigenvalue weighted by Gasteiger charge is -2.08. The van der Waals surface area contributed by atoms with E-state index in [0.29, 0.717) is 23.6 Å². The van der Waals surface area contributed by atoms with E-state index >= 15 is 0 Å². The molecule has 0 fully saturated rings. The molecule has 1 amide bonds. The molecule has 0 saturated heterocycles. The molecule has 0 atom stereocenters. The Bertz CT molecular complexity index is 1090. The molecule has 1 N–H and O–H groups in total. The van der Waals surface area contributed by atoms with Gasteiger partial charge in [0.2, 0.25) is 0 Å². The van der Waals surface area contributed by atoms with Crippen LogP contribution in [0.15, 0.2) is 65.7 Å². The average molecular weight is 426 g/mol. The fraction of sp³-hybridized carbons (Fsp3) is 0.227. The summed E-state index contributed by atoms with van der Waals surface area (Å²) in [6.07, 6.45) is 3.14. The summed E-state index contributed by atoms with van der Waals surface area (Å²) in [5.41, 5.74) is 2.46. The Morgan fingerprint density at radius 1 is 0.967 bits per heavy atom. The molecule has 1 aromatic heterocycles. The van der Waals surface area contributed by atoms with Crippen molar-refractivity contribution in [1.82, 2.24) is 10.2 Å². The van der Waals surface area contributed by atoms with Crippen LogP contribution in [0.25, 0.3) is 11.3 Å². The van der Waals surface area contributed by atoms with Crippen LogP contribution in [-0.4, -0.2) is 37.4 Å². The molecule has 0 saturated carbocycles. The fourth-order valence-corrected chi connectivity index (χ4v) is 3.14. The number of hydrogen-bond donors (Lipinski definition) is 1. The lowest BCUT2D eigenvalue weighted by atomic mass is 10.1. The molecule has 0 bridgehead atoms. The van der Waals surface area contributed by atoms with E-state index in [1.165, 1.54) is 6.07 Å². The minimum absolute atomic E-state index is 0.0723. The van der Waals surface area contributed by atoms with Gasteiger partial charge in [0.1, 0.15) is 5.75 Å². The van der Waals surface area contributed by atoms with E-state index in [2.05, 4.69) is 22.4 Å². The first-order valence-corrected chi connectivity index (χ1v) is 11.4. The van der Waals surface area contributed by atoms with Gasteiger partial charge >= 0.3 is 0 Å². The number of aromatic nitrogens is 2. The van der Waals surface area contributed by atoms with Crippen molar-refractivity contribution in [2.45, 2.75) is 24.8 Å². The van der Waals surface area contributed by atoms with Gasteiger partial charge in [-0.2, -0.15) is 0 Å². The maximum atomic E-state index is 12.4. The molecule has 8 heteroatoms. The minimum Gasteiger partial charge on any atom is -0.494 e. The van der Waals surface area contributed by atoms with Crippen molar-refractivity contribution in [3.05, 3.63) is 66.2 Å². The van der Waals surface area contributed by atoms with E-state index in [1.807, 2.05) is 0 Å². The summed E-state index contributed by atoms with van der Waals surface area (Å²) in [5.74, 6) is 0.521. The van der Waals surface area contributed by atoms with Gasteiger partial charge in [0.05, 0.1) is 12.3 Å². The third kappa shape index (κ3) is 5.64. The van der Waals surface area contributed by atoms with Gasteiger partial charge < -0.3 is 10.1 Å². The first-order chi connectivity index (χ1) is 14.4. The topological polar surface area (TPSA) is 98.2 Å². The van der Waals surface area contributed by atoms with Crippen molar-refractivity contribution in [2.75, 3.05) is 18.2 Å². The van der Waals surface area contributed by atoms with E-state index in [4.69, 9.17) is 4.74 Å². The second-order valence-corrected chi connectivity index (χ2v) is 8.75. The third-order valence-electron chi connectivity index (χ3n) is 4.34. The molecule has 0 aliphatic rings. The van der Waals surface area contributed by atoms with Gasteiger partial charge in [0, 0.05) is 23.1 Å². The number of rotatable bonds is 8. The van der Waals surface area contributed by atoms with Crippen molar-refractivity contribution < 1.29 is 17.9 Å². The molecule has 3 aromatic rings. The summed E-state index contributed by atoms with van der Waals surface area (Å²) in [4.78, 5) is 12.4. The highest BCUT2D eigenvalue weighted by molar-refractivity contribution is 7.90. The Morgan fingerprint density at radius 2 is 1.67 bits per heavy atom. The number of carbonyl (C=O) groups excluding carboxylic acids is 1. The number of unbranched alkanes of at least 4 members (excludes halogenated alkanes) is 1. The summed E-state index contributed by atoms with van der Waals surface area (Å²) < 4.78 is 28.6. The van der Waals surface area contributed by atoms with Crippen molar-refractivity contribution in [3.63, 3.8) is 0 Å². The summed E-state index contributed by atoms with van der Waals surface area (Å²) in [6.45, 7) is 2.77. The van der Waals surface area contributed by atoms with Crippen LogP contribution in [0.3, 0.4) is 0 Å².